The topological polar surface area (TPSA) is 70.0 Å². The maximum Gasteiger partial charge on any atom is 0.410 e. The molecule has 1 aromatic carbocycles. The van der Waals surface area contributed by atoms with Crippen molar-refractivity contribution in [1.82, 2.24) is 4.90 Å². The number of carbonyl (C=O) groups is 1. The van der Waals surface area contributed by atoms with Gasteiger partial charge < -0.3 is 14.9 Å². The van der Waals surface area contributed by atoms with Crippen molar-refractivity contribution in [2.24, 2.45) is 0 Å². The van der Waals surface area contributed by atoms with Crippen molar-refractivity contribution in [2.45, 2.75) is 25.4 Å². The summed E-state index contributed by atoms with van der Waals surface area (Å²) >= 11 is 0. The van der Waals surface area contributed by atoms with Gasteiger partial charge in [-0.25, -0.2) is 4.79 Å². The van der Waals surface area contributed by atoms with Gasteiger partial charge in [0.15, 0.2) is 0 Å². The molecule has 1 amide bonds. The molecule has 1 heterocycles. The molecule has 5 heteroatoms. The highest BCUT2D eigenvalue weighted by Gasteiger charge is 2.42. The summed E-state index contributed by atoms with van der Waals surface area (Å²) in [7, 11) is 0. The molecule has 1 aromatic rings. The van der Waals surface area contributed by atoms with Crippen LogP contribution in [0, 0.1) is 0 Å². The van der Waals surface area contributed by atoms with Crippen LogP contribution >= 0.6 is 0 Å². The monoisotopic (exact) mass is 251 g/mol. The number of ether oxygens (including phenoxy) is 1. The number of hydrogen-bond acceptors (Lipinski definition) is 4. The Labute approximate surface area is 106 Å². The van der Waals surface area contributed by atoms with Gasteiger partial charge >= 0.3 is 6.09 Å². The molecule has 1 saturated heterocycles. The molecular formula is C13H17NO4. The third kappa shape index (κ3) is 2.41. The lowest BCUT2D eigenvalue weighted by Gasteiger charge is -2.31. The minimum atomic E-state index is -0.489. The lowest BCUT2D eigenvalue weighted by Crippen LogP contribution is -2.44. The molecule has 1 fully saturated rings. The minimum Gasteiger partial charge on any atom is -0.508 e. The number of aliphatic hydroxyl groups excluding tert-OH is 1. The van der Waals surface area contributed by atoms with Crippen molar-refractivity contribution < 1.29 is 19.7 Å². The van der Waals surface area contributed by atoms with Crippen LogP contribution in [0.15, 0.2) is 24.3 Å². The fourth-order valence-corrected chi connectivity index (χ4v) is 2.13. The molecule has 0 saturated carbocycles. The Hall–Kier alpha value is -1.75. The number of amides is 1. The first-order valence-corrected chi connectivity index (χ1v) is 5.88. The van der Waals surface area contributed by atoms with Crippen LogP contribution in [0.5, 0.6) is 5.75 Å². The van der Waals surface area contributed by atoms with Crippen LogP contribution in [0.4, 0.5) is 4.79 Å². The maximum atomic E-state index is 11.7. The maximum absolute atomic E-state index is 11.7. The molecule has 18 heavy (non-hydrogen) atoms. The second kappa shape index (κ2) is 4.86. The molecular weight excluding hydrogens is 234 g/mol. The second-order valence-corrected chi connectivity index (χ2v) is 4.78. The third-order valence-corrected chi connectivity index (χ3v) is 3.28. The van der Waals surface area contributed by atoms with Crippen LogP contribution in [-0.2, 0) is 11.3 Å². The minimum absolute atomic E-state index is 0.00365. The Morgan fingerprint density at radius 2 is 2.28 bits per heavy atom. The molecule has 1 aliphatic rings. The summed E-state index contributed by atoms with van der Waals surface area (Å²) in [5, 5.41) is 18.5. The van der Waals surface area contributed by atoms with Crippen molar-refractivity contribution in [3.8, 4) is 5.75 Å². The van der Waals surface area contributed by atoms with Crippen LogP contribution in [0.25, 0.3) is 0 Å². The quantitative estimate of drug-likeness (QED) is 0.850. The number of carbonyl (C=O) groups excluding carboxylic acids is 1. The number of rotatable bonds is 4. The number of hydrogen-bond donors (Lipinski definition) is 2. The fourth-order valence-electron chi connectivity index (χ4n) is 2.13. The van der Waals surface area contributed by atoms with Gasteiger partial charge in [0.2, 0.25) is 0 Å². The van der Waals surface area contributed by atoms with Gasteiger partial charge in [0.1, 0.15) is 12.4 Å². The second-order valence-electron chi connectivity index (χ2n) is 4.78. The van der Waals surface area contributed by atoms with Crippen LogP contribution in [-0.4, -0.2) is 40.0 Å². The van der Waals surface area contributed by atoms with E-state index in [1.165, 1.54) is 0 Å². The van der Waals surface area contributed by atoms with Gasteiger partial charge in [0.05, 0.1) is 5.54 Å². The molecule has 0 aromatic heterocycles. The van der Waals surface area contributed by atoms with E-state index in [4.69, 9.17) is 9.84 Å². The zero-order valence-electron chi connectivity index (χ0n) is 10.3. The summed E-state index contributed by atoms with van der Waals surface area (Å²) in [6.45, 7) is 2.54. The molecule has 1 unspecified atom stereocenters. The Morgan fingerprint density at radius 1 is 1.50 bits per heavy atom. The standard InChI is InChI=1S/C13H17NO4/c1-13(5-6-15)9-18-12(17)14(13)8-10-3-2-4-11(16)7-10/h2-4,7,15-16H,5-6,8-9H2,1H3. The predicted molar refractivity (Wildman–Crippen MR) is 65.1 cm³/mol. The van der Waals surface area contributed by atoms with Gasteiger partial charge in [-0.3, -0.25) is 4.90 Å². The van der Waals surface area contributed by atoms with E-state index in [0.717, 1.165) is 5.56 Å². The summed E-state index contributed by atoms with van der Waals surface area (Å²) in [4.78, 5) is 13.3. The van der Waals surface area contributed by atoms with Gasteiger partial charge in [-0.1, -0.05) is 12.1 Å². The van der Waals surface area contributed by atoms with Crippen LogP contribution in [0.3, 0.4) is 0 Å². The van der Waals surface area contributed by atoms with Gasteiger partial charge in [-0.15, -0.1) is 0 Å². The Kier molecular flexibility index (Phi) is 3.43. The van der Waals surface area contributed by atoms with Gasteiger partial charge in [0.25, 0.3) is 0 Å². The van der Waals surface area contributed by atoms with E-state index in [1.807, 2.05) is 13.0 Å². The van der Waals surface area contributed by atoms with E-state index in [-0.39, 0.29) is 25.1 Å². The molecule has 0 spiro atoms. The highest BCUT2D eigenvalue weighted by molar-refractivity contribution is 5.71. The smallest absolute Gasteiger partial charge is 0.410 e. The first-order valence-electron chi connectivity index (χ1n) is 5.88. The van der Waals surface area contributed by atoms with E-state index in [9.17, 15) is 9.90 Å². The van der Waals surface area contributed by atoms with Crippen LogP contribution in [0.1, 0.15) is 18.9 Å². The fraction of sp³-hybridized carbons (Fsp3) is 0.462. The first kappa shape index (κ1) is 12.7. The van der Waals surface area contributed by atoms with Crippen molar-refractivity contribution >= 4 is 6.09 Å². The zero-order chi connectivity index (χ0) is 13.2. The number of nitrogens with zero attached hydrogens (tertiary/aromatic N) is 1. The molecule has 0 aliphatic carbocycles. The van der Waals surface area contributed by atoms with Gasteiger partial charge in [-0.05, 0) is 31.0 Å². The van der Waals surface area contributed by atoms with Crippen molar-refractivity contribution in [2.75, 3.05) is 13.2 Å². The molecule has 1 aliphatic heterocycles. The van der Waals surface area contributed by atoms with Crippen molar-refractivity contribution in [1.29, 1.82) is 0 Å². The van der Waals surface area contributed by atoms with E-state index >= 15 is 0 Å². The number of benzene rings is 1. The molecule has 98 valence electrons. The van der Waals surface area contributed by atoms with Crippen molar-refractivity contribution in [3.05, 3.63) is 29.8 Å². The number of phenols is 1. The average molecular weight is 251 g/mol. The summed E-state index contributed by atoms with van der Waals surface area (Å²) < 4.78 is 5.05. The molecule has 2 N–H and O–H groups in total. The largest absolute Gasteiger partial charge is 0.508 e. The van der Waals surface area contributed by atoms with E-state index < -0.39 is 5.54 Å². The van der Waals surface area contributed by atoms with Gasteiger partial charge in [0, 0.05) is 13.2 Å². The normalized spacial score (nSPS) is 23.2. The van der Waals surface area contributed by atoms with E-state index in [0.29, 0.717) is 13.0 Å². The zero-order valence-corrected chi connectivity index (χ0v) is 10.3. The highest BCUT2D eigenvalue weighted by Crippen LogP contribution is 2.29. The third-order valence-electron chi connectivity index (χ3n) is 3.28. The molecule has 0 radical (unpaired) electrons. The Morgan fingerprint density at radius 3 is 2.94 bits per heavy atom. The summed E-state index contributed by atoms with van der Waals surface area (Å²) in [6, 6.07) is 6.77. The number of cyclic esters (lactones) is 1. The summed E-state index contributed by atoms with van der Waals surface area (Å²) in [6.07, 6.45) is 0.0895. The van der Waals surface area contributed by atoms with Crippen LogP contribution in [0.2, 0.25) is 0 Å². The highest BCUT2D eigenvalue weighted by atomic mass is 16.6. The lowest BCUT2D eigenvalue weighted by atomic mass is 9.97. The lowest BCUT2D eigenvalue weighted by molar-refractivity contribution is 0.131. The summed E-state index contributed by atoms with van der Waals surface area (Å²) in [5.41, 5.74) is 0.343. The summed E-state index contributed by atoms with van der Waals surface area (Å²) in [5.74, 6) is 0.170. The Bertz CT molecular complexity index is 448. The number of aromatic hydroxyl groups is 1. The number of aliphatic hydroxyl groups is 1. The van der Waals surface area contributed by atoms with Gasteiger partial charge in [-0.2, -0.15) is 0 Å². The molecule has 5 nitrogen and oxygen atoms in total. The first-order chi connectivity index (χ1) is 8.55. The molecule has 2 rings (SSSR count). The number of phenolic OH excluding ortho intramolecular Hbond substituents is 1. The van der Waals surface area contributed by atoms with E-state index in [2.05, 4.69) is 0 Å². The van der Waals surface area contributed by atoms with Crippen molar-refractivity contribution in [3.63, 3.8) is 0 Å². The molecule has 0 bridgehead atoms. The Balaban J connectivity index is 2.17. The SMILES string of the molecule is CC1(CCO)COC(=O)N1Cc1cccc(O)c1. The van der Waals surface area contributed by atoms with Crippen LogP contribution < -0.4 is 0 Å². The average Bonchev–Trinajstić information content (AvgIpc) is 2.58. The predicted octanol–water partition coefficient (Wildman–Crippen LogP) is 1.49. The van der Waals surface area contributed by atoms with E-state index in [1.54, 1.807) is 23.1 Å². The molecule has 1 atom stereocenters.